The third kappa shape index (κ3) is 2.50. The Hall–Kier alpha value is -2.56. The number of halogens is 1. The topological polar surface area (TPSA) is 69.6 Å². The first-order chi connectivity index (χ1) is 11.3. The fourth-order valence-electron chi connectivity index (χ4n) is 3.42. The number of phenolic OH excluding ortho intramolecular Hbond substituents is 2. The number of phenols is 2. The number of hydrogen-bond donors (Lipinski definition) is 3. The molecule has 2 aromatic rings. The van der Waals surface area contributed by atoms with E-state index in [4.69, 9.17) is 0 Å². The minimum Gasteiger partial charge on any atom is -0.508 e. The summed E-state index contributed by atoms with van der Waals surface area (Å²) in [5, 5.41) is 21.9. The Kier molecular flexibility index (Phi) is 3.74. The number of aromatic hydroxyl groups is 2. The fourth-order valence-corrected chi connectivity index (χ4v) is 3.42. The average molecular weight is 329 g/mol. The van der Waals surface area contributed by atoms with E-state index in [0.29, 0.717) is 17.5 Å². The molecule has 1 saturated carbocycles. The zero-order valence-electron chi connectivity index (χ0n) is 13.6. The third-order valence-electron chi connectivity index (χ3n) is 4.97. The second kappa shape index (κ2) is 5.51. The fraction of sp³-hybridized carbons (Fsp3) is 0.316. The molecule has 1 amide bonds. The van der Waals surface area contributed by atoms with E-state index in [1.165, 1.54) is 18.2 Å². The number of benzene rings is 2. The summed E-state index contributed by atoms with van der Waals surface area (Å²) >= 11 is 0. The minimum absolute atomic E-state index is 0.0475. The monoisotopic (exact) mass is 329 g/mol. The van der Waals surface area contributed by atoms with Crippen molar-refractivity contribution in [2.24, 2.45) is 5.41 Å². The summed E-state index contributed by atoms with van der Waals surface area (Å²) in [6.45, 7) is 3.99. The second-order valence-electron chi connectivity index (χ2n) is 6.94. The van der Waals surface area contributed by atoms with Crippen LogP contribution in [0.4, 0.5) is 4.39 Å². The van der Waals surface area contributed by atoms with E-state index in [1.54, 1.807) is 24.3 Å². The minimum atomic E-state index is -0.898. The van der Waals surface area contributed by atoms with Gasteiger partial charge in [0.2, 0.25) is 5.91 Å². The molecule has 1 atom stereocenters. The molecule has 0 radical (unpaired) electrons. The molecular formula is C19H20FNO3. The summed E-state index contributed by atoms with van der Waals surface area (Å²) in [4.78, 5) is 12.8. The van der Waals surface area contributed by atoms with Crippen molar-refractivity contribution >= 4 is 5.91 Å². The largest absolute Gasteiger partial charge is 0.508 e. The van der Waals surface area contributed by atoms with Gasteiger partial charge in [-0.05, 0) is 30.0 Å². The highest BCUT2D eigenvalue weighted by Crippen LogP contribution is 2.64. The Morgan fingerprint density at radius 3 is 2.46 bits per heavy atom. The second-order valence-corrected chi connectivity index (χ2v) is 6.94. The lowest BCUT2D eigenvalue weighted by molar-refractivity contribution is -0.124. The van der Waals surface area contributed by atoms with Crippen molar-refractivity contribution in [3.8, 4) is 11.5 Å². The molecule has 0 saturated heterocycles. The Morgan fingerprint density at radius 2 is 1.88 bits per heavy atom. The van der Waals surface area contributed by atoms with E-state index >= 15 is 0 Å². The normalized spacial score (nSPS) is 21.3. The molecule has 3 N–H and O–H groups in total. The number of rotatable bonds is 4. The lowest BCUT2D eigenvalue weighted by atomic mass is 9.86. The molecule has 126 valence electrons. The van der Waals surface area contributed by atoms with Gasteiger partial charge in [-0.25, -0.2) is 4.39 Å². The van der Waals surface area contributed by atoms with Gasteiger partial charge in [0.15, 0.2) is 0 Å². The molecule has 3 rings (SSSR count). The molecule has 0 spiro atoms. The van der Waals surface area contributed by atoms with Crippen LogP contribution < -0.4 is 5.32 Å². The number of hydrogen-bond acceptors (Lipinski definition) is 3. The van der Waals surface area contributed by atoms with Gasteiger partial charge in [0.1, 0.15) is 17.3 Å². The van der Waals surface area contributed by atoms with Crippen molar-refractivity contribution in [1.82, 2.24) is 5.32 Å². The number of carbonyl (C=O) groups excluding carboxylic acids is 1. The maximum Gasteiger partial charge on any atom is 0.231 e. The van der Waals surface area contributed by atoms with Gasteiger partial charge in [0, 0.05) is 23.7 Å². The number of nitrogens with one attached hydrogen (secondary N) is 1. The van der Waals surface area contributed by atoms with Crippen LogP contribution in [0.3, 0.4) is 0 Å². The zero-order valence-corrected chi connectivity index (χ0v) is 13.6. The third-order valence-corrected chi connectivity index (χ3v) is 4.97. The van der Waals surface area contributed by atoms with Crippen LogP contribution in [0, 0.1) is 11.2 Å². The highest BCUT2D eigenvalue weighted by atomic mass is 19.1. The van der Waals surface area contributed by atoms with Crippen molar-refractivity contribution in [2.75, 3.05) is 0 Å². The summed E-state index contributed by atoms with van der Waals surface area (Å²) in [7, 11) is 0. The molecule has 0 bridgehead atoms. The zero-order chi connectivity index (χ0) is 17.5. The molecular weight excluding hydrogens is 309 g/mol. The first-order valence-corrected chi connectivity index (χ1v) is 7.82. The summed E-state index contributed by atoms with van der Waals surface area (Å²) < 4.78 is 14.3. The predicted molar refractivity (Wildman–Crippen MR) is 88.1 cm³/mol. The van der Waals surface area contributed by atoms with E-state index in [-0.39, 0.29) is 35.2 Å². The summed E-state index contributed by atoms with van der Waals surface area (Å²) in [5.41, 5.74) is -0.341. The molecule has 1 fully saturated rings. The molecule has 1 aliphatic carbocycles. The number of amides is 1. The van der Waals surface area contributed by atoms with E-state index in [2.05, 4.69) is 5.32 Å². The Labute approximate surface area is 140 Å². The van der Waals surface area contributed by atoms with E-state index in [0.717, 1.165) is 0 Å². The smallest absolute Gasteiger partial charge is 0.231 e. The molecule has 4 nitrogen and oxygen atoms in total. The lowest BCUT2D eigenvalue weighted by Gasteiger charge is -2.21. The standard InChI is InChI=1S/C19H20FNO3/c1-18(2)11-19(18,14-5-3-4-6-15(14)20)17(24)21-10-12-7-8-13(22)9-16(12)23/h3-9,22-23H,10-11H2,1-2H3,(H,21,24)/t19-/m1/s1. The lowest BCUT2D eigenvalue weighted by Crippen LogP contribution is -2.38. The van der Waals surface area contributed by atoms with Crippen LogP contribution in [0.25, 0.3) is 0 Å². The van der Waals surface area contributed by atoms with Gasteiger partial charge in [-0.15, -0.1) is 0 Å². The van der Waals surface area contributed by atoms with Crippen molar-refractivity contribution in [2.45, 2.75) is 32.2 Å². The van der Waals surface area contributed by atoms with Crippen LogP contribution in [-0.2, 0) is 16.8 Å². The van der Waals surface area contributed by atoms with Crippen LogP contribution in [0.1, 0.15) is 31.4 Å². The quantitative estimate of drug-likeness (QED) is 0.807. The van der Waals surface area contributed by atoms with Crippen LogP contribution >= 0.6 is 0 Å². The SMILES string of the molecule is CC1(C)C[C@]1(C(=O)NCc1ccc(O)cc1O)c1ccccc1F. The highest BCUT2D eigenvalue weighted by molar-refractivity contribution is 5.93. The van der Waals surface area contributed by atoms with E-state index in [9.17, 15) is 19.4 Å². The Morgan fingerprint density at radius 1 is 1.21 bits per heavy atom. The van der Waals surface area contributed by atoms with Gasteiger partial charge in [-0.1, -0.05) is 32.0 Å². The molecule has 24 heavy (non-hydrogen) atoms. The van der Waals surface area contributed by atoms with Gasteiger partial charge in [0.05, 0.1) is 5.41 Å². The summed E-state index contributed by atoms with van der Waals surface area (Å²) in [6.07, 6.45) is 0.564. The van der Waals surface area contributed by atoms with Crippen LogP contribution in [0.2, 0.25) is 0 Å². The average Bonchev–Trinajstić information content (AvgIpc) is 3.10. The summed E-state index contributed by atoms with van der Waals surface area (Å²) in [5.74, 6) is -0.783. The highest BCUT2D eigenvalue weighted by Gasteiger charge is 2.67. The molecule has 1 aliphatic rings. The Bertz CT molecular complexity index is 803. The van der Waals surface area contributed by atoms with E-state index in [1.807, 2.05) is 13.8 Å². The molecule has 2 aromatic carbocycles. The van der Waals surface area contributed by atoms with Crippen LogP contribution in [-0.4, -0.2) is 16.1 Å². The van der Waals surface area contributed by atoms with Crippen molar-refractivity contribution < 1.29 is 19.4 Å². The number of carbonyl (C=O) groups is 1. The first kappa shape index (κ1) is 16.3. The van der Waals surface area contributed by atoms with Crippen molar-refractivity contribution in [1.29, 1.82) is 0 Å². The van der Waals surface area contributed by atoms with Gasteiger partial charge in [-0.3, -0.25) is 4.79 Å². The molecule has 0 aliphatic heterocycles. The molecule has 0 heterocycles. The van der Waals surface area contributed by atoms with Gasteiger partial charge >= 0.3 is 0 Å². The van der Waals surface area contributed by atoms with Crippen molar-refractivity contribution in [3.63, 3.8) is 0 Å². The summed E-state index contributed by atoms with van der Waals surface area (Å²) in [6, 6.07) is 10.6. The van der Waals surface area contributed by atoms with Gasteiger partial charge in [-0.2, -0.15) is 0 Å². The maximum atomic E-state index is 14.3. The van der Waals surface area contributed by atoms with E-state index < -0.39 is 5.41 Å². The molecule has 0 unspecified atom stereocenters. The maximum absolute atomic E-state index is 14.3. The van der Waals surface area contributed by atoms with Gasteiger partial charge in [0.25, 0.3) is 0 Å². The predicted octanol–water partition coefficient (Wildman–Crippen LogP) is 3.22. The van der Waals surface area contributed by atoms with Crippen LogP contribution in [0.5, 0.6) is 11.5 Å². The first-order valence-electron chi connectivity index (χ1n) is 7.82. The molecule has 5 heteroatoms. The van der Waals surface area contributed by atoms with Crippen molar-refractivity contribution in [3.05, 3.63) is 59.4 Å². The van der Waals surface area contributed by atoms with Gasteiger partial charge < -0.3 is 15.5 Å². The Balaban J connectivity index is 1.83. The van der Waals surface area contributed by atoms with Crippen LogP contribution in [0.15, 0.2) is 42.5 Å². The molecule has 0 aromatic heterocycles.